The summed E-state index contributed by atoms with van der Waals surface area (Å²) in [5.74, 6) is 0.487. The minimum Gasteiger partial charge on any atom is -0.497 e. The molecule has 0 saturated heterocycles. The molecule has 2 aromatic carbocycles. The minimum absolute atomic E-state index is 0.170. The molecule has 0 aliphatic carbocycles. The smallest absolute Gasteiger partial charge is 0.290 e. The van der Waals surface area contributed by atoms with E-state index in [0.29, 0.717) is 16.3 Å². The van der Waals surface area contributed by atoms with E-state index < -0.39 is 10.0 Å². The van der Waals surface area contributed by atoms with Gasteiger partial charge < -0.3 is 4.74 Å². The van der Waals surface area contributed by atoms with E-state index in [1.807, 2.05) is 0 Å². The molecule has 2 aromatic rings. The van der Waals surface area contributed by atoms with Gasteiger partial charge in [0.2, 0.25) is 0 Å². The zero-order chi connectivity index (χ0) is 16.2. The van der Waals surface area contributed by atoms with Crippen molar-refractivity contribution in [3.63, 3.8) is 0 Å². The van der Waals surface area contributed by atoms with Gasteiger partial charge in [-0.25, -0.2) is 0 Å². The van der Waals surface area contributed by atoms with E-state index in [2.05, 4.69) is 0 Å². The van der Waals surface area contributed by atoms with E-state index in [4.69, 9.17) is 16.3 Å². The molecule has 0 aromatic heterocycles. The van der Waals surface area contributed by atoms with Crippen molar-refractivity contribution < 1.29 is 17.6 Å². The van der Waals surface area contributed by atoms with Crippen LogP contribution in [0.25, 0.3) is 6.08 Å². The summed E-state index contributed by atoms with van der Waals surface area (Å²) in [6.45, 7) is 0. The predicted octanol–water partition coefficient (Wildman–Crippen LogP) is 3.89. The van der Waals surface area contributed by atoms with Crippen LogP contribution in [0.2, 0.25) is 5.02 Å². The standard InChI is InChI=1S/C15H13ClFNO3S/c1-21-14-6-8-15(9-7-14)22(19,20)18(17)11-10-12-2-4-13(16)5-3-12/h2-11H,1H3. The molecule has 0 N–H and O–H groups in total. The van der Waals surface area contributed by atoms with Gasteiger partial charge in [-0.1, -0.05) is 28.2 Å². The lowest BCUT2D eigenvalue weighted by molar-refractivity contribution is 0.209. The van der Waals surface area contributed by atoms with Crippen molar-refractivity contribution in [3.8, 4) is 5.75 Å². The molecule has 0 atom stereocenters. The Morgan fingerprint density at radius 3 is 2.23 bits per heavy atom. The van der Waals surface area contributed by atoms with Gasteiger partial charge in [0.15, 0.2) is 0 Å². The van der Waals surface area contributed by atoms with Crippen molar-refractivity contribution in [2.75, 3.05) is 7.11 Å². The largest absolute Gasteiger partial charge is 0.497 e. The Bertz CT molecular complexity index is 758. The first-order chi connectivity index (χ1) is 10.4. The molecule has 0 aliphatic rings. The Labute approximate surface area is 133 Å². The summed E-state index contributed by atoms with van der Waals surface area (Å²) in [6.07, 6.45) is 2.17. The predicted molar refractivity (Wildman–Crippen MR) is 83.6 cm³/mol. The molecule has 0 unspecified atom stereocenters. The summed E-state index contributed by atoms with van der Waals surface area (Å²) >= 11 is 5.74. The summed E-state index contributed by atoms with van der Waals surface area (Å²) in [5.41, 5.74) is 0.622. The normalized spacial score (nSPS) is 11.6. The van der Waals surface area contributed by atoms with Gasteiger partial charge in [0.05, 0.1) is 18.2 Å². The van der Waals surface area contributed by atoms with Crippen LogP contribution in [0.15, 0.2) is 59.6 Å². The van der Waals surface area contributed by atoms with Crippen molar-refractivity contribution in [2.24, 2.45) is 0 Å². The van der Waals surface area contributed by atoms with E-state index in [9.17, 15) is 12.9 Å². The number of methoxy groups -OCH3 is 1. The average molecular weight is 342 g/mol. The second-order valence-electron chi connectivity index (χ2n) is 4.29. The number of rotatable bonds is 5. The Hall–Kier alpha value is -2.05. The van der Waals surface area contributed by atoms with Crippen LogP contribution >= 0.6 is 11.6 Å². The average Bonchev–Trinajstić information content (AvgIpc) is 2.54. The Balaban J connectivity index is 2.19. The van der Waals surface area contributed by atoms with Crippen LogP contribution in [0, 0.1) is 0 Å². The highest BCUT2D eigenvalue weighted by Crippen LogP contribution is 2.20. The summed E-state index contributed by atoms with van der Waals surface area (Å²) in [7, 11) is -2.79. The van der Waals surface area contributed by atoms with E-state index >= 15 is 0 Å². The molecule has 0 bridgehead atoms. The van der Waals surface area contributed by atoms with Crippen LogP contribution in [0.1, 0.15) is 5.56 Å². The summed E-state index contributed by atoms with van der Waals surface area (Å²) in [6, 6.07) is 12.0. The van der Waals surface area contributed by atoms with Crippen molar-refractivity contribution in [1.29, 1.82) is 0 Å². The number of sulfonamides is 1. The van der Waals surface area contributed by atoms with Gasteiger partial charge in [0.1, 0.15) is 5.75 Å². The van der Waals surface area contributed by atoms with Crippen molar-refractivity contribution >= 4 is 27.7 Å². The lowest BCUT2D eigenvalue weighted by Gasteiger charge is -2.10. The molecule has 0 amide bonds. The van der Waals surface area contributed by atoms with Crippen LogP contribution in [-0.4, -0.2) is 20.1 Å². The number of hydrogen-bond acceptors (Lipinski definition) is 3. The monoisotopic (exact) mass is 341 g/mol. The fourth-order valence-electron chi connectivity index (χ4n) is 1.65. The second-order valence-corrected chi connectivity index (χ2v) is 6.50. The molecular weight excluding hydrogens is 329 g/mol. The van der Waals surface area contributed by atoms with Crippen LogP contribution in [0.4, 0.5) is 4.48 Å². The molecule has 0 spiro atoms. The van der Waals surface area contributed by atoms with Crippen LogP contribution in [-0.2, 0) is 10.0 Å². The molecule has 22 heavy (non-hydrogen) atoms. The number of benzene rings is 2. The SMILES string of the molecule is COc1ccc(S(=O)(=O)N(F)C=Cc2ccc(Cl)cc2)cc1. The van der Waals surface area contributed by atoms with E-state index in [0.717, 1.165) is 6.20 Å². The van der Waals surface area contributed by atoms with Crippen LogP contribution in [0.3, 0.4) is 0 Å². The van der Waals surface area contributed by atoms with Crippen molar-refractivity contribution in [2.45, 2.75) is 4.90 Å². The molecule has 0 fully saturated rings. The lowest BCUT2D eigenvalue weighted by Crippen LogP contribution is -2.17. The molecule has 0 aliphatic heterocycles. The maximum Gasteiger partial charge on any atom is 0.290 e. The first-order valence-corrected chi connectivity index (χ1v) is 8.03. The number of ether oxygens (including phenoxy) is 1. The number of hydrogen-bond donors (Lipinski definition) is 0. The van der Waals surface area contributed by atoms with Gasteiger partial charge in [-0.3, -0.25) is 0 Å². The van der Waals surface area contributed by atoms with Gasteiger partial charge in [0.25, 0.3) is 10.0 Å². The van der Waals surface area contributed by atoms with Crippen molar-refractivity contribution in [1.82, 2.24) is 4.53 Å². The molecule has 2 rings (SSSR count). The van der Waals surface area contributed by atoms with Gasteiger partial charge in [-0.15, -0.1) is 4.53 Å². The highest BCUT2D eigenvalue weighted by atomic mass is 35.5. The van der Waals surface area contributed by atoms with E-state index in [1.54, 1.807) is 24.3 Å². The summed E-state index contributed by atoms with van der Waals surface area (Å²) in [5, 5.41) is 0.542. The minimum atomic E-state index is -4.24. The third-order valence-electron chi connectivity index (χ3n) is 2.84. The van der Waals surface area contributed by atoms with Crippen LogP contribution < -0.4 is 4.74 Å². The summed E-state index contributed by atoms with van der Waals surface area (Å²) in [4.78, 5) is -0.170. The van der Waals surface area contributed by atoms with Gasteiger partial charge in [0, 0.05) is 5.02 Å². The first-order valence-electron chi connectivity index (χ1n) is 6.21. The fourth-order valence-corrected chi connectivity index (χ4v) is 2.68. The number of halogens is 2. The van der Waals surface area contributed by atoms with Crippen molar-refractivity contribution in [3.05, 3.63) is 65.3 Å². The molecule has 0 heterocycles. The zero-order valence-electron chi connectivity index (χ0n) is 11.6. The molecule has 7 heteroatoms. The first kappa shape index (κ1) is 16.3. The maximum absolute atomic E-state index is 13.9. The molecular formula is C15H13ClFNO3S. The van der Waals surface area contributed by atoms with Gasteiger partial charge in [-0.05, 0) is 48.0 Å². The Kier molecular flexibility index (Phi) is 5.05. The highest BCUT2D eigenvalue weighted by Gasteiger charge is 2.21. The molecule has 116 valence electrons. The highest BCUT2D eigenvalue weighted by molar-refractivity contribution is 7.89. The Morgan fingerprint density at radius 2 is 1.68 bits per heavy atom. The van der Waals surface area contributed by atoms with E-state index in [1.165, 1.54) is 37.5 Å². The molecule has 0 radical (unpaired) electrons. The second kappa shape index (κ2) is 6.81. The van der Waals surface area contributed by atoms with Gasteiger partial charge >= 0.3 is 0 Å². The van der Waals surface area contributed by atoms with Crippen LogP contribution in [0.5, 0.6) is 5.75 Å². The third-order valence-corrected chi connectivity index (χ3v) is 4.54. The quantitative estimate of drug-likeness (QED) is 0.775. The van der Waals surface area contributed by atoms with E-state index in [-0.39, 0.29) is 9.42 Å². The summed E-state index contributed by atoms with van der Waals surface area (Å²) < 4.78 is 42.6. The van der Waals surface area contributed by atoms with Gasteiger partial charge in [-0.2, -0.15) is 8.42 Å². The molecule has 0 saturated carbocycles. The number of nitrogens with zero attached hydrogens (tertiary/aromatic N) is 1. The fraction of sp³-hybridized carbons (Fsp3) is 0.0667. The third kappa shape index (κ3) is 3.78. The lowest BCUT2D eigenvalue weighted by atomic mass is 10.2. The Morgan fingerprint density at radius 1 is 1.09 bits per heavy atom. The molecule has 4 nitrogen and oxygen atoms in total. The maximum atomic E-state index is 13.9. The zero-order valence-corrected chi connectivity index (χ0v) is 13.2. The topological polar surface area (TPSA) is 46.6 Å².